The van der Waals surface area contributed by atoms with E-state index in [1.165, 1.54) is 10.8 Å². The molecular weight excluding hydrogens is 1080 g/mol. The third kappa shape index (κ3) is 7.11. The van der Waals surface area contributed by atoms with Crippen molar-refractivity contribution in [3.63, 3.8) is 0 Å². The predicted molar refractivity (Wildman–Crippen MR) is 366 cm³/mol. The zero-order valence-corrected chi connectivity index (χ0v) is 47.2. The molecule has 0 N–H and O–H groups in total. The van der Waals surface area contributed by atoms with Gasteiger partial charge in [0.15, 0.2) is 0 Å². The van der Waals surface area contributed by atoms with Crippen LogP contribution in [0.4, 0.5) is 34.1 Å². The number of rotatable bonds is 8. The van der Waals surface area contributed by atoms with E-state index < -0.39 is 0 Å². The monoisotopic (exact) mass is 1120 g/mol. The average molecular weight is 1130 g/mol. The fourth-order valence-electron chi connectivity index (χ4n) is 14.5. The van der Waals surface area contributed by atoms with Gasteiger partial charge in [-0.25, -0.2) is 0 Å². The van der Waals surface area contributed by atoms with Gasteiger partial charge >= 0.3 is 0 Å². The first-order chi connectivity index (χ1) is 43.7. The molecule has 0 amide bonds. The fourth-order valence-corrected chi connectivity index (χ4v) is 14.5. The molecule has 410 valence electrons. The molecule has 88 heavy (non-hydrogen) atoms. The maximum atomic E-state index is 6.69. The third-order valence-corrected chi connectivity index (χ3v) is 18.2. The van der Waals surface area contributed by atoms with Crippen LogP contribution in [0.1, 0.15) is 0 Å². The van der Waals surface area contributed by atoms with E-state index in [-0.39, 0.29) is 0 Å². The number of para-hydroxylation sites is 4. The fraction of sp³-hybridized carbons (Fsp3) is 0. The number of fused-ring (bicyclic) bond motifs is 16. The number of furan rings is 4. The lowest BCUT2D eigenvalue weighted by Crippen LogP contribution is -2.11. The van der Waals surface area contributed by atoms with E-state index in [1.807, 2.05) is 24.3 Å². The lowest BCUT2D eigenvalue weighted by Gasteiger charge is -2.29. The largest absolute Gasteiger partial charge is 0.456 e. The van der Waals surface area contributed by atoms with Gasteiger partial charge in [0, 0.05) is 32.9 Å². The first-order valence-electron chi connectivity index (χ1n) is 29.9. The molecule has 0 aliphatic carbocycles. The van der Waals surface area contributed by atoms with E-state index in [0.29, 0.717) is 0 Å². The highest BCUT2D eigenvalue weighted by molar-refractivity contribution is 6.28. The van der Waals surface area contributed by atoms with Gasteiger partial charge in [0.2, 0.25) is 0 Å². The summed E-state index contributed by atoms with van der Waals surface area (Å²) >= 11 is 0. The van der Waals surface area contributed by atoms with Crippen molar-refractivity contribution in [3.05, 3.63) is 291 Å². The van der Waals surface area contributed by atoms with Crippen molar-refractivity contribution in [1.29, 1.82) is 0 Å². The van der Waals surface area contributed by atoms with Crippen LogP contribution in [0.25, 0.3) is 153 Å². The van der Waals surface area contributed by atoms with Crippen LogP contribution >= 0.6 is 0 Å². The molecule has 0 bridgehead atoms. The Morgan fingerprint density at radius 1 is 0.193 bits per heavy atom. The summed E-state index contributed by atoms with van der Waals surface area (Å²) in [5.41, 5.74) is 17.1. The molecule has 4 heterocycles. The molecule has 0 saturated carbocycles. The van der Waals surface area contributed by atoms with Crippen molar-refractivity contribution < 1.29 is 17.7 Å². The Balaban J connectivity index is 0.971. The van der Waals surface area contributed by atoms with Gasteiger partial charge in [0.25, 0.3) is 0 Å². The summed E-state index contributed by atoms with van der Waals surface area (Å²) in [5.74, 6) is 0. The molecule has 0 saturated heterocycles. The van der Waals surface area contributed by atoms with Gasteiger partial charge in [-0.05, 0) is 162 Å². The van der Waals surface area contributed by atoms with E-state index in [2.05, 4.69) is 277 Å². The van der Waals surface area contributed by atoms with Crippen LogP contribution in [0.2, 0.25) is 0 Å². The molecule has 6 heteroatoms. The molecule has 0 atom stereocenters. The minimum absolute atomic E-state index is 0.814. The van der Waals surface area contributed by atoms with Gasteiger partial charge < -0.3 is 27.5 Å². The summed E-state index contributed by atoms with van der Waals surface area (Å²) < 4.78 is 26.8. The molecule has 0 unspecified atom stereocenters. The first kappa shape index (κ1) is 48.5. The van der Waals surface area contributed by atoms with Gasteiger partial charge in [0.1, 0.15) is 44.7 Å². The van der Waals surface area contributed by atoms with E-state index in [9.17, 15) is 0 Å². The Bertz CT molecular complexity index is 5500. The quantitative estimate of drug-likeness (QED) is 0.141. The van der Waals surface area contributed by atoms with Gasteiger partial charge in [-0.15, -0.1) is 0 Å². The molecule has 0 radical (unpaired) electrons. The SMILES string of the molecule is c1ccc2c(-c3c4ccc(N(c5cccc6oc7ccccc7c56)c5cccc6oc7ccccc7c56)cc4c(-c4cccc5ccccc45)c4ccc(N(c5cccc6oc7ccccc7c56)c5cccc6oc7ccccc7c56)cc34)cccc2c1. The van der Waals surface area contributed by atoms with Gasteiger partial charge in [0.05, 0.1) is 44.3 Å². The second kappa shape index (κ2) is 18.8. The summed E-state index contributed by atoms with van der Waals surface area (Å²) in [6, 6.07) is 105. The van der Waals surface area contributed by atoms with Gasteiger partial charge in [-0.1, -0.05) is 194 Å². The Labute approximate surface area is 503 Å². The highest BCUT2D eigenvalue weighted by atomic mass is 16.3. The van der Waals surface area contributed by atoms with E-state index in [1.54, 1.807) is 0 Å². The molecule has 19 rings (SSSR count). The Hall–Kier alpha value is -11.9. The van der Waals surface area contributed by atoms with Crippen LogP contribution < -0.4 is 9.80 Å². The van der Waals surface area contributed by atoms with Crippen molar-refractivity contribution >= 4 is 165 Å². The minimum atomic E-state index is 0.814. The summed E-state index contributed by atoms with van der Waals surface area (Å²) in [5, 5.41) is 17.4. The minimum Gasteiger partial charge on any atom is -0.456 e. The number of anilines is 6. The lowest BCUT2D eigenvalue weighted by atomic mass is 9.83. The van der Waals surface area contributed by atoms with Crippen molar-refractivity contribution in [2.24, 2.45) is 0 Å². The van der Waals surface area contributed by atoms with E-state index >= 15 is 0 Å². The van der Waals surface area contributed by atoms with Crippen molar-refractivity contribution in [3.8, 4) is 22.3 Å². The van der Waals surface area contributed by atoms with E-state index in [4.69, 9.17) is 17.7 Å². The van der Waals surface area contributed by atoms with Crippen molar-refractivity contribution in [1.82, 2.24) is 0 Å². The molecular formula is C82H48N2O4. The zero-order chi connectivity index (χ0) is 57.6. The molecule has 0 aliphatic rings. The van der Waals surface area contributed by atoms with Gasteiger partial charge in [-0.2, -0.15) is 0 Å². The van der Waals surface area contributed by atoms with Crippen LogP contribution in [-0.2, 0) is 0 Å². The summed E-state index contributed by atoms with van der Waals surface area (Å²) in [4.78, 5) is 4.87. The summed E-state index contributed by atoms with van der Waals surface area (Å²) in [7, 11) is 0. The van der Waals surface area contributed by atoms with E-state index in [0.717, 1.165) is 176 Å². The number of hydrogen-bond acceptors (Lipinski definition) is 6. The Morgan fingerprint density at radius 3 is 0.807 bits per heavy atom. The number of nitrogens with zero attached hydrogens (tertiary/aromatic N) is 2. The second-order valence-electron chi connectivity index (χ2n) is 22.9. The molecule has 0 fully saturated rings. The predicted octanol–water partition coefficient (Wildman–Crippen LogP) is 24.2. The van der Waals surface area contributed by atoms with Crippen LogP contribution in [0.15, 0.2) is 309 Å². The highest BCUT2D eigenvalue weighted by Gasteiger charge is 2.29. The standard InChI is InChI=1S/C82H48N2O4/c1-3-23-53-49(19-1)21-13-29-55(53)77-57-45-43-52(84(67-33-17-41-75-81(67)61-27-7-11-37-71(61)87-75)68-34-18-42-76-82(68)62-28-8-12-38-72(62)88-76)48-64(57)78(56-30-14-22-50-20-2-4-24-54(50)56)58-46-44-51(47-63(58)77)83(65-31-15-39-73-79(65)59-25-5-9-35-69(59)85-73)66-32-16-40-74-80(66)60-26-6-10-36-70(60)86-74/h1-48H. The third-order valence-electron chi connectivity index (χ3n) is 18.2. The summed E-state index contributed by atoms with van der Waals surface area (Å²) in [6.07, 6.45) is 0. The Kier molecular flexibility index (Phi) is 10.4. The molecule has 0 aliphatic heterocycles. The smallest absolute Gasteiger partial charge is 0.137 e. The van der Waals surface area contributed by atoms with Crippen LogP contribution in [-0.4, -0.2) is 0 Å². The molecule has 4 aromatic heterocycles. The van der Waals surface area contributed by atoms with Crippen molar-refractivity contribution in [2.45, 2.75) is 0 Å². The number of hydrogen-bond donors (Lipinski definition) is 0. The maximum absolute atomic E-state index is 6.69. The maximum Gasteiger partial charge on any atom is 0.137 e. The van der Waals surface area contributed by atoms with Crippen LogP contribution in [0, 0.1) is 0 Å². The molecule has 15 aromatic carbocycles. The van der Waals surface area contributed by atoms with Crippen molar-refractivity contribution in [2.75, 3.05) is 9.80 Å². The first-order valence-corrected chi connectivity index (χ1v) is 29.9. The second-order valence-corrected chi connectivity index (χ2v) is 22.9. The van der Waals surface area contributed by atoms with Gasteiger partial charge in [-0.3, -0.25) is 0 Å². The van der Waals surface area contributed by atoms with Crippen LogP contribution in [0.5, 0.6) is 0 Å². The Morgan fingerprint density at radius 2 is 0.466 bits per heavy atom. The zero-order valence-electron chi connectivity index (χ0n) is 47.2. The number of benzene rings is 15. The average Bonchev–Trinajstić information content (AvgIpc) is 0.912. The van der Waals surface area contributed by atoms with Crippen LogP contribution in [0.3, 0.4) is 0 Å². The highest BCUT2D eigenvalue weighted by Crippen LogP contribution is 2.54. The summed E-state index contributed by atoms with van der Waals surface area (Å²) in [6.45, 7) is 0. The lowest BCUT2D eigenvalue weighted by molar-refractivity contribution is 0.668. The molecule has 19 aromatic rings. The normalized spacial score (nSPS) is 12.1. The topological polar surface area (TPSA) is 59.0 Å². The molecule has 6 nitrogen and oxygen atoms in total. The molecule has 0 spiro atoms.